The standard InChI is InChI=1S/C55H48O17/c1-63-54-46(70-52(61)38-28-16-6-17-29-38)44(42(56)40(66-54)32-64-48(57)34-20-8-2-9-21-34)72-55-47(71-53(62)39-30-18-7-19-31-39)45(69-51(60)37-26-14-5-15-27-37)43(68-50(59)36-24-12-4-13-25-36)41(67-55)33-65-49(58)35-22-10-3-11-23-35/h2-31,40-47,54-56H,32-33H2,1H3/t40-,41-,42+,43+,44+,45+,46-,47-,54-,55+/m1/s1. The van der Waals surface area contributed by atoms with Crippen LogP contribution >= 0.6 is 0 Å². The number of benzene rings is 6. The van der Waals surface area contributed by atoms with Crippen molar-refractivity contribution in [3.05, 3.63) is 215 Å². The summed E-state index contributed by atoms with van der Waals surface area (Å²) in [4.78, 5) is 83.1. The number of aliphatic hydroxyl groups is 1. The van der Waals surface area contributed by atoms with Crippen LogP contribution in [-0.4, -0.2) is 123 Å². The lowest BCUT2D eigenvalue weighted by molar-refractivity contribution is -0.355. The van der Waals surface area contributed by atoms with Crippen LogP contribution < -0.4 is 0 Å². The molecule has 1 N–H and O–H groups in total. The van der Waals surface area contributed by atoms with Gasteiger partial charge in [0.25, 0.3) is 0 Å². The summed E-state index contributed by atoms with van der Waals surface area (Å²) in [6.07, 6.45) is -17.3. The highest BCUT2D eigenvalue weighted by atomic mass is 16.8. The summed E-state index contributed by atoms with van der Waals surface area (Å²) in [5.41, 5.74) is 0.586. The molecule has 6 aromatic rings. The van der Waals surface area contributed by atoms with Gasteiger partial charge in [-0.2, -0.15) is 0 Å². The summed E-state index contributed by atoms with van der Waals surface area (Å²) in [6.45, 7) is -1.28. The summed E-state index contributed by atoms with van der Waals surface area (Å²) in [5.74, 6) is -5.36. The minimum absolute atomic E-state index is 0.0293. The third-order valence-electron chi connectivity index (χ3n) is 11.5. The van der Waals surface area contributed by atoms with E-state index in [0.717, 1.165) is 0 Å². The normalized spacial score (nSPS) is 23.6. The number of carbonyl (C=O) groups is 6. The molecule has 17 nitrogen and oxygen atoms in total. The summed E-state index contributed by atoms with van der Waals surface area (Å²) >= 11 is 0. The van der Waals surface area contributed by atoms with Crippen LogP contribution in [0.5, 0.6) is 0 Å². The van der Waals surface area contributed by atoms with Crippen molar-refractivity contribution in [3.8, 4) is 0 Å². The Morgan fingerprint density at radius 1 is 0.375 bits per heavy atom. The lowest BCUT2D eigenvalue weighted by atomic mass is 9.95. The molecule has 0 unspecified atom stereocenters. The smallest absolute Gasteiger partial charge is 0.338 e. The molecule has 0 amide bonds. The van der Waals surface area contributed by atoms with Crippen molar-refractivity contribution < 1.29 is 81.2 Å². The molecule has 2 heterocycles. The number of hydrogen-bond acceptors (Lipinski definition) is 17. The fourth-order valence-corrected chi connectivity index (χ4v) is 7.87. The average molecular weight is 981 g/mol. The van der Waals surface area contributed by atoms with E-state index < -0.39 is 110 Å². The van der Waals surface area contributed by atoms with E-state index in [9.17, 15) is 33.9 Å². The van der Waals surface area contributed by atoms with Crippen LogP contribution in [0.25, 0.3) is 0 Å². The molecular weight excluding hydrogens is 933 g/mol. The fraction of sp³-hybridized carbons (Fsp3) is 0.236. The van der Waals surface area contributed by atoms with Gasteiger partial charge in [-0.1, -0.05) is 109 Å². The number of methoxy groups -OCH3 is 1. The Morgan fingerprint density at radius 3 is 1.03 bits per heavy atom. The van der Waals surface area contributed by atoms with Gasteiger partial charge in [0.15, 0.2) is 37.0 Å². The zero-order chi connectivity index (χ0) is 50.4. The van der Waals surface area contributed by atoms with Crippen molar-refractivity contribution in [2.45, 2.75) is 61.4 Å². The van der Waals surface area contributed by atoms with E-state index >= 15 is 0 Å². The second-order valence-electron chi connectivity index (χ2n) is 16.3. The Balaban J connectivity index is 1.22. The molecule has 72 heavy (non-hydrogen) atoms. The SMILES string of the molecule is CO[C@@H]1O[C@H](COC(=O)c2ccccc2)[C@H](O)[C@H](O[C@@H]2O[C@H](COC(=O)c3ccccc3)[C@H](OC(=O)c3ccccc3)[C@H](OC(=O)c3ccccc3)[C@H]2OC(=O)c2ccccc2)[C@H]1OC(=O)c1ccccc1. The highest BCUT2D eigenvalue weighted by Gasteiger charge is 2.57. The first kappa shape index (κ1) is 50.3. The Labute approximate surface area is 413 Å². The van der Waals surface area contributed by atoms with Crippen LogP contribution in [0, 0.1) is 0 Å². The number of ether oxygens (including phenoxy) is 10. The fourth-order valence-electron chi connectivity index (χ4n) is 7.87. The predicted molar refractivity (Wildman–Crippen MR) is 251 cm³/mol. The van der Waals surface area contributed by atoms with Crippen LogP contribution in [0.15, 0.2) is 182 Å². The Morgan fingerprint density at radius 2 is 0.667 bits per heavy atom. The second kappa shape index (κ2) is 24.2. The molecule has 0 saturated carbocycles. The van der Waals surface area contributed by atoms with Crippen LogP contribution in [0.3, 0.4) is 0 Å². The van der Waals surface area contributed by atoms with Crippen molar-refractivity contribution >= 4 is 35.8 Å². The van der Waals surface area contributed by atoms with Gasteiger partial charge in [-0.15, -0.1) is 0 Å². The maximum Gasteiger partial charge on any atom is 0.338 e. The molecule has 0 spiro atoms. The molecule has 0 aliphatic carbocycles. The number of aliphatic hydroxyl groups excluding tert-OH is 1. The molecule has 2 fully saturated rings. The first-order chi connectivity index (χ1) is 35.1. The van der Waals surface area contributed by atoms with E-state index in [4.69, 9.17) is 47.4 Å². The third kappa shape index (κ3) is 12.4. The molecule has 370 valence electrons. The monoisotopic (exact) mass is 980 g/mol. The molecule has 2 aliphatic heterocycles. The maximum atomic E-state index is 14.2. The van der Waals surface area contributed by atoms with E-state index in [2.05, 4.69) is 0 Å². The molecule has 17 heteroatoms. The number of carbonyl (C=O) groups excluding carboxylic acids is 6. The van der Waals surface area contributed by atoms with Crippen LogP contribution in [0.1, 0.15) is 62.1 Å². The maximum absolute atomic E-state index is 14.2. The second-order valence-corrected chi connectivity index (χ2v) is 16.3. The van der Waals surface area contributed by atoms with Gasteiger partial charge >= 0.3 is 35.8 Å². The van der Waals surface area contributed by atoms with E-state index in [-0.39, 0.29) is 33.4 Å². The summed E-state index contributed by atoms with van der Waals surface area (Å²) < 4.78 is 60.9. The van der Waals surface area contributed by atoms with Crippen molar-refractivity contribution in [1.29, 1.82) is 0 Å². The van der Waals surface area contributed by atoms with Crippen LogP contribution in [-0.2, 0) is 47.4 Å². The van der Waals surface area contributed by atoms with Crippen molar-refractivity contribution in [2.75, 3.05) is 20.3 Å². The number of rotatable bonds is 17. The summed E-state index contributed by atoms with van der Waals surface area (Å²) in [6, 6.07) is 47.2. The van der Waals surface area contributed by atoms with Crippen molar-refractivity contribution in [2.24, 2.45) is 0 Å². The quantitative estimate of drug-likeness (QED) is 0.0768. The molecule has 0 radical (unpaired) electrons. The molecule has 8 rings (SSSR count). The highest BCUT2D eigenvalue weighted by Crippen LogP contribution is 2.36. The third-order valence-corrected chi connectivity index (χ3v) is 11.5. The molecular formula is C55H48O17. The molecule has 2 saturated heterocycles. The Kier molecular flexibility index (Phi) is 16.9. The first-order valence-corrected chi connectivity index (χ1v) is 22.7. The Hall–Kier alpha value is -8.06. The van der Waals surface area contributed by atoms with Gasteiger partial charge in [-0.05, 0) is 72.8 Å². The summed E-state index contributed by atoms with van der Waals surface area (Å²) in [7, 11) is 1.24. The Bertz CT molecular complexity index is 2750. The minimum Gasteiger partial charge on any atom is -0.459 e. The van der Waals surface area contributed by atoms with E-state index in [0.29, 0.717) is 0 Å². The zero-order valence-corrected chi connectivity index (χ0v) is 38.5. The van der Waals surface area contributed by atoms with Gasteiger partial charge in [0, 0.05) is 7.11 Å². The lowest BCUT2D eigenvalue weighted by Crippen LogP contribution is -2.67. The molecule has 2 aliphatic rings. The largest absolute Gasteiger partial charge is 0.459 e. The number of hydrogen-bond donors (Lipinski definition) is 1. The van der Waals surface area contributed by atoms with Gasteiger partial charge in [0.2, 0.25) is 0 Å². The van der Waals surface area contributed by atoms with Gasteiger partial charge in [0.1, 0.15) is 37.6 Å². The van der Waals surface area contributed by atoms with Gasteiger partial charge in [-0.3, -0.25) is 0 Å². The highest BCUT2D eigenvalue weighted by molar-refractivity contribution is 5.92. The van der Waals surface area contributed by atoms with E-state index in [1.54, 1.807) is 109 Å². The average Bonchev–Trinajstić information content (AvgIpc) is 3.43. The molecule has 0 bridgehead atoms. The zero-order valence-electron chi connectivity index (χ0n) is 38.5. The lowest BCUT2D eigenvalue weighted by Gasteiger charge is -2.48. The van der Waals surface area contributed by atoms with E-state index in [1.807, 2.05) is 0 Å². The molecule has 0 aromatic heterocycles. The van der Waals surface area contributed by atoms with Crippen molar-refractivity contribution in [3.63, 3.8) is 0 Å². The van der Waals surface area contributed by atoms with E-state index in [1.165, 1.54) is 79.9 Å². The van der Waals surface area contributed by atoms with Crippen LogP contribution in [0.2, 0.25) is 0 Å². The van der Waals surface area contributed by atoms with Crippen LogP contribution in [0.4, 0.5) is 0 Å². The van der Waals surface area contributed by atoms with Gasteiger partial charge in [-0.25, -0.2) is 28.8 Å². The first-order valence-electron chi connectivity index (χ1n) is 22.7. The molecule has 10 atom stereocenters. The topological polar surface area (TPSA) is 215 Å². The van der Waals surface area contributed by atoms with Gasteiger partial charge in [0.05, 0.1) is 33.4 Å². The van der Waals surface area contributed by atoms with Gasteiger partial charge < -0.3 is 52.5 Å². The van der Waals surface area contributed by atoms with Crippen molar-refractivity contribution in [1.82, 2.24) is 0 Å². The number of esters is 6. The molecule has 6 aromatic carbocycles. The minimum atomic E-state index is -1.97. The summed E-state index contributed by atoms with van der Waals surface area (Å²) in [5, 5.41) is 12.3. The predicted octanol–water partition coefficient (Wildman–Crippen LogP) is 6.45.